The Morgan fingerprint density at radius 1 is 1.29 bits per heavy atom. The number of carboxylic acid groups (broad SMARTS) is 1. The fraction of sp³-hybridized carbons (Fsp3) is 0.300. The smallest absolute Gasteiger partial charge is 0.490 e. The summed E-state index contributed by atoms with van der Waals surface area (Å²) in [6, 6.07) is 9.75. The molecule has 2 aromatic carbocycles. The van der Waals surface area contributed by atoms with Crippen LogP contribution in [0.15, 0.2) is 36.4 Å². The Morgan fingerprint density at radius 3 is 2.71 bits per heavy atom. The molecule has 1 heterocycles. The minimum atomic E-state index is -1.52. The number of carbonyl (C=O) groups is 2. The van der Waals surface area contributed by atoms with Crippen LogP contribution >= 0.6 is 11.6 Å². The second-order valence-corrected chi connectivity index (χ2v) is 7.47. The van der Waals surface area contributed by atoms with Gasteiger partial charge in [0.05, 0.1) is 18.7 Å². The van der Waals surface area contributed by atoms with E-state index in [1.165, 1.54) is 24.8 Å². The zero-order valence-corrected chi connectivity index (χ0v) is 16.1. The van der Waals surface area contributed by atoms with E-state index >= 15 is 0 Å². The van der Waals surface area contributed by atoms with Gasteiger partial charge in [-0.3, -0.25) is 4.79 Å². The Bertz CT molecular complexity index is 925. The van der Waals surface area contributed by atoms with Gasteiger partial charge < -0.3 is 19.5 Å². The molecule has 6 nitrogen and oxygen atoms in total. The molecule has 0 saturated carbocycles. The predicted octanol–water partition coefficient (Wildman–Crippen LogP) is 4.61. The molecule has 0 radical (unpaired) electrons. The first-order valence-electron chi connectivity index (χ1n) is 8.57. The van der Waals surface area contributed by atoms with Gasteiger partial charge in [0.25, 0.3) is 0 Å². The first-order valence-corrected chi connectivity index (χ1v) is 8.95. The van der Waals surface area contributed by atoms with Crippen molar-refractivity contribution in [1.29, 1.82) is 0 Å². The average Bonchev–Trinajstić information content (AvgIpc) is 2.90. The summed E-state index contributed by atoms with van der Waals surface area (Å²) in [5.74, 6) is 0.338. The van der Waals surface area contributed by atoms with Crippen LogP contribution < -0.4 is 14.4 Å². The molecule has 0 saturated heterocycles. The van der Waals surface area contributed by atoms with E-state index < -0.39 is 11.8 Å². The van der Waals surface area contributed by atoms with Crippen molar-refractivity contribution in [3.05, 3.63) is 52.5 Å². The first kappa shape index (κ1) is 19.9. The molecule has 0 aliphatic carbocycles. The van der Waals surface area contributed by atoms with Gasteiger partial charge in [0.1, 0.15) is 23.8 Å². The molecule has 0 unspecified atom stereocenters. The molecule has 0 spiro atoms. The molecule has 3 rings (SSSR count). The van der Waals surface area contributed by atoms with Crippen molar-refractivity contribution < 1.29 is 28.6 Å². The molecule has 0 bridgehead atoms. The molecule has 0 fully saturated rings. The summed E-state index contributed by atoms with van der Waals surface area (Å²) in [6.07, 6.45) is -1.42. The second kappa shape index (κ2) is 7.67. The molecule has 8 heteroatoms. The first-order chi connectivity index (χ1) is 13.1. The number of benzene rings is 2. The van der Waals surface area contributed by atoms with E-state index in [-0.39, 0.29) is 31.2 Å². The van der Waals surface area contributed by atoms with Crippen molar-refractivity contribution in [2.24, 2.45) is 0 Å². The molecule has 0 atom stereocenters. The van der Waals surface area contributed by atoms with Crippen molar-refractivity contribution in [3.63, 3.8) is 0 Å². The van der Waals surface area contributed by atoms with Crippen LogP contribution in [0.4, 0.5) is 14.9 Å². The Labute approximate surface area is 166 Å². The molecule has 1 N–H and O–H groups in total. The lowest BCUT2D eigenvalue weighted by atomic mass is 10.1. The monoisotopic (exact) mass is 407 g/mol. The molecule has 1 aliphatic heterocycles. The molecular formula is C20H19ClFNO5. The highest BCUT2D eigenvalue weighted by molar-refractivity contribution is 6.30. The summed E-state index contributed by atoms with van der Waals surface area (Å²) >= 11 is 6.09. The molecule has 1 amide bonds. The minimum absolute atomic E-state index is 0.0209. The van der Waals surface area contributed by atoms with E-state index in [9.17, 15) is 14.0 Å². The number of halogens is 2. The maximum atomic E-state index is 13.8. The van der Waals surface area contributed by atoms with Gasteiger partial charge >= 0.3 is 6.16 Å². The Morgan fingerprint density at radius 2 is 2.04 bits per heavy atom. The largest absolute Gasteiger partial charge is 0.511 e. The summed E-state index contributed by atoms with van der Waals surface area (Å²) in [5.41, 5.74) is 0.156. The maximum Gasteiger partial charge on any atom is 0.511 e. The Kier molecular flexibility index (Phi) is 5.47. The molecule has 1 aliphatic rings. The summed E-state index contributed by atoms with van der Waals surface area (Å²) < 4.78 is 24.2. The lowest BCUT2D eigenvalue weighted by Gasteiger charge is -2.22. The van der Waals surface area contributed by atoms with Crippen molar-refractivity contribution in [2.45, 2.75) is 32.5 Å². The standard InChI is InChI=1S/C20H19ClFNO5/c1-20(2,22)11-27-16-7-6-13(21)8-12(16)10-23-15-4-3-5-17(28-19(25)26)14(15)9-18(23)24/h3-8H,9-11H2,1-2H3,(H,25,26). The summed E-state index contributed by atoms with van der Waals surface area (Å²) in [5, 5.41) is 9.33. The van der Waals surface area contributed by atoms with Crippen molar-refractivity contribution in [1.82, 2.24) is 0 Å². The van der Waals surface area contributed by atoms with Gasteiger partial charge in [-0.15, -0.1) is 0 Å². The SMILES string of the molecule is CC(C)(F)COc1ccc(Cl)cc1CN1C(=O)Cc2c(OC(=O)O)cccc21. The minimum Gasteiger partial charge on any atom is -0.490 e. The summed E-state index contributed by atoms with van der Waals surface area (Å²) in [4.78, 5) is 25.0. The fourth-order valence-corrected chi connectivity index (χ4v) is 3.16. The third kappa shape index (κ3) is 4.54. The third-order valence-electron chi connectivity index (χ3n) is 4.15. The summed E-state index contributed by atoms with van der Waals surface area (Å²) in [7, 11) is 0. The van der Waals surface area contributed by atoms with Crippen LogP contribution in [-0.4, -0.2) is 29.4 Å². The predicted molar refractivity (Wildman–Crippen MR) is 102 cm³/mol. The zero-order chi connectivity index (χ0) is 20.5. The van der Waals surface area contributed by atoms with Crippen molar-refractivity contribution in [2.75, 3.05) is 11.5 Å². The normalized spacial score (nSPS) is 13.4. The number of hydrogen-bond acceptors (Lipinski definition) is 4. The number of anilines is 1. The lowest BCUT2D eigenvalue weighted by molar-refractivity contribution is -0.117. The highest BCUT2D eigenvalue weighted by atomic mass is 35.5. The van der Waals surface area contributed by atoms with Gasteiger partial charge in [0.2, 0.25) is 5.91 Å². The highest BCUT2D eigenvalue weighted by Crippen LogP contribution is 2.38. The number of carbonyl (C=O) groups excluding carboxylic acids is 1. The number of fused-ring (bicyclic) bond motifs is 1. The molecule has 148 valence electrons. The van der Waals surface area contributed by atoms with Crippen LogP contribution in [0.2, 0.25) is 5.02 Å². The zero-order valence-electron chi connectivity index (χ0n) is 15.4. The molecule has 28 heavy (non-hydrogen) atoms. The van der Waals surface area contributed by atoms with Crippen LogP contribution in [0, 0.1) is 0 Å². The number of hydrogen-bond donors (Lipinski definition) is 1. The van der Waals surface area contributed by atoms with Crippen LogP contribution in [0.3, 0.4) is 0 Å². The quantitative estimate of drug-likeness (QED) is 0.558. The van der Waals surface area contributed by atoms with Gasteiger partial charge in [0.15, 0.2) is 0 Å². The van der Waals surface area contributed by atoms with Gasteiger partial charge in [-0.2, -0.15) is 0 Å². The van der Waals surface area contributed by atoms with Crippen molar-refractivity contribution >= 4 is 29.4 Å². The van der Waals surface area contributed by atoms with E-state index in [1.807, 2.05) is 0 Å². The van der Waals surface area contributed by atoms with Crippen LogP contribution in [-0.2, 0) is 17.8 Å². The lowest BCUT2D eigenvalue weighted by Crippen LogP contribution is -2.27. The van der Waals surface area contributed by atoms with Crippen LogP contribution in [0.1, 0.15) is 25.0 Å². The van der Waals surface area contributed by atoms with E-state index in [4.69, 9.17) is 26.2 Å². The van der Waals surface area contributed by atoms with Gasteiger partial charge in [-0.05, 0) is 44.2 Å². The topological polar surface area (TPSA) is 76.1 Å². The fourth-order valence-electron chi connectivity index (χ4n) is 2.96. The van der Waals surface area contributed by atoms with Crippen molar-refractivity contribution in [3.8, 4) is 11.5 Å². The van der Waals surface area contributed by atoms with Gasteiger partial charge in [-0.1, -0.05) is 17.7 Å². The van der Waals surface area contributed by atoms with Gasteiger partial charge in [0, 0.05) is 16.1 Å². The molecular weight excluding hydrogens is 389 g/mol. The number of nitrogens with zero attached hydrogens (tertiary/aromatic N) is 1. The van der Waals surface area contributed by atoms with Crippen LogP contribution in [0.25, 0.3) is 0 Å². The van der Waals surface area contributed by atoms with Crippen LogP contribution in [0.5, 0.6) is 11.5 Å². The van der Waals surface area contributed by atoms with E-state index in [0.29, 0.717) is 27.6 Å². The number of amides is 1. The van der Waals surface area contributed by atoms with E-state index in [2.05, 4.69) is 0 Å². The average molecular weight is 408 g/mol. The van der Waals surface area contributed by atoms with E-state index in [1.54, 1.807) is 30.3 Å². The second-order valence-electron chi connectivity index (χ2n) is 7.04. The number of alkyl halides is 1. The highest BCUT2D eigenvalue weighted by Gasteiger charge is 2.31. The Balaban J connectivity index is 1.90. The van der Waals surface area contributed by atoms with Gasteiger partial charge in [-0.25, -0.2) is 9.18 Å². The number of rotatable bonds is 6. The third-order valence-corrected chi connectivity index (χ3v) is 4.38. The van der Waals surface area contributed by atoms with E-state index in [0.717, 1.165) is 0 Å². The molecule has 2 aromatic rings. The number of ether oxygens (including phenoxy) is 2. The molecule has 0 aromatic heterocycles. The summed E-state index contributed by atoms with van der Waals surface area (Å²) in [6.45, 7) is 2.81. The maximum absolute atomic E-state index is 13.8. The Hall–Kier alpha value is -2.80.